The van der Waals surface area contributed by atoms with E-state index in [1.54, 1.807) is 0 Å². The molecule has 0 spiro atoms. The molecule has 4 heteroatoms. The van der Waals surface area contributed by atoms with E-state index in [4.69, 9.17) is 5.73 Å². The minimum absolute atomic E-state index is 0.0195. The highest BCUT2D eigenvalue weighted by Gasteiger charge is 2.27. The third-order valence-corrected chi connectivity index (χ3v) is 4.31. The number of likely N-dealkylation sites (tertiary alicyclic amines) is 1. The van der Waals surface area contributed by atoms with E-state index in [0.717, 1.165) is 36.8 Å². The molecule has 2 N–H and O–H groups in total. The molecule has 1 fully saturated rings. The largest absolute Gasteiger partial charge is 0.337 e. The maximum Gasteiger partial charge on any atom is 0.272 e. The maximum absolute atomic E-state index is 12.6. The molecule has 2 heterocycles. The van der Waals surface area contributed by atoms with E-state index >= 15 is 0 Å². The number of rotatable bonds is 2. The number of nitrogens with zero attached hydrogens (tertiary/aromatic N) is 2. The number of para-hydroxylation sites is 1. The molecule has 0 radical (unpaired) electrons. The quantitative estimate of drug-likeness (QED) is 0.921. The van der Waals surface area contributed by atoms with Crippen molar-refractivity contribution in [3.05, 3.63) is 42.1 Å². The minimum atomic E-state index is 0.0195. The van der Waals surface area contributed by atoms with Crippen LogP contribution in [0.5, 0.6) is 0 Å². The first-order valence-corrected chi connectivity index (χ1v) is 7.56. The number of carbonyl (C=O) groups excluding carboxylic acids is 1. The van der Waals surface area contributed by atoms with Gasteiger partial charge in [0, 0.05) is 24.5 Å². The third kappa shape index (κ3) is 2.90. The molecule has 21 heavy (non-hydrogen) atoms. The van der Waals surface area contributed by atoms with Gasteiger partial charge in [-0.2, -0.15) is 0 Å². The van der Waals surface area contributed by atoms with Crippen LogP contribution in [-0.2, 0) is 0 Å². The van der Waals surface area contributed by atoms with Crippen molar-refractivity contribution in [3.8, 4) is 0 Å². The summed E-state index contributed by atoms with van der Waals surface area (Å²) in [5.41, 5.74) is 7.38. The number of pyridine rings is 1. The van der Waals surface area contributed by atoms with Gasteiger partial charge in [0.2, 0.25) is 0 Å². The van der Waals surface area contributed by atoms with Crippen LogP contribution in [-0.4, -0.2) is 34.9 Å². The lowest BCUT2D eigenvalue weighted by Crippen LogP contribution is -2.45. The summed E-state index contributed by atoms with van der Waals surface area (Å²) in [6.07, 6.45) is 2.12. The van der Waals surface area contributed by atoms with Crippen LogP contribution in [0, 0.1) is 5.92 Å². The average Bonchev–Trinajstić information content (AvgIpc) is 2.53. The first kappa shape index (κ1) is 14.0. The van der Waals surface area contributed by atoms with Gasteiger partial charge < -0.3 is 10.6 Å². The zero-order valence-electron chi connectivity index (χ0n) is 12.3. The second kappa shape index (κ2) is 5.82. The Labute approximate surface area is 125 Å². The highest BCUT2D eigenvalue weighted by molar-refractivity contribution is 5.95. The fourth-order valence-electron chi connectivity index (χ4n) is 2.97. The molecule has 1 amide bonds. The topological polar surface area (TPSA) is 59.2 Å². The number of carbonyl (C=O) groups is 1. The molecule has 110 valence electrons. The Bertz CT molecular complexity index is 653. The zero-order chi connectivity index (χ0) is 14.8. The fraction of sp³-hybridized carbons (Fsp3) is 0.412. The third-order valence-electron chi connectivity index (χ3n) is 4.31. The summed E-state index contributed by atoms with van der Waals surface area (Å²) in [7, 11) is 0. The number of piperidine rings is 1. The van der Waals surface area contributed by atoms with Gasteiger partial charge in [-0.3, -0.25) is 4.79 Å². The number of fused-ring (bicyclic) bond motifs is 1. The zero-order valence-corrected chi connectivity index (χ0v) is 12.3. The Morgan fingerprint density at radius 2 is 2.14 bits per heavy atom. The average molecular weight is 283 g/mol. The number of amides is 1. The SMILES string of the molecule is CC(N)C1CCCN(C(=O)c2ccc3ccccc3n2)C1. The summed E-state index contributed by atoms with van der Waals surface area (Å²) < 4.78 is 0. The molecule has 2 atom stereocenters. The van der Waals surface area contributed by atoms with Crippen LogP contribution in [0.25, 0.3) is 10.9 Å². The van der Waals surface area contributed by atoms with Crippen LogP contribution in [0.1, 0.15) is 30.3 Å². The van der Waals surface area contributed by atoms with Crippen LogP contribution in [0.4, 0.5) is 0 Å². The lowest BCUT2D eigenvalue weighted by molar-refractivity contribution is 0.0655. The van der Waals surface area contributed by atoms with Crippen molar-refractivity contribution in [1.82, 2.24) is 9.88 Å². The smallest absolute Gasteiger partial charge is 0.272 e. The van der Waals surface area contributed by atoms with Gasteiger partial charge in [-0.25, -0.2) is 4.98 Å². The Morgan fingerprint density at radius 3 is 2.95 bits per heavy atom. The molecule has 1 saturated heterocycles. The fourth-order valence-corrected chi connectivity index (χ4v) is 2.97. The Hall–Kier alpha value is -1.94. The van der Waals surface area contributed by atoms with Crippen LogP contribution in [0.3, 0.4) is 0 Å². The van der Waals surface area contributed by atoms with Crippen molar-refractivity contribution < 1.29 is 4.79 Å². The standard InChI is InChI=1S/C17H21N3O/c1-12(18)14-6-4-10-20(11-14)17(21)16-9-8-13-5-2-3-7-15(13)19-16/h2-3,5,7-9,12,14H,4,6,10-11,18H2,1H3. The number of hydrogen-bond donors (Lipinski definition) is 1. The van der Waals surface area contributed by atoms with Gasteiger partial charge in [0.25, 0.3) is 5.91 Å². The van der Waals surface area contributed by atoms with Gasteiger partial charge in [0.05, 0.1) is 5.52 Å². The molecule has 2 aromatic rings. The molecule has 1 aromatic carbocycles. The molecule has 0 saturated carbocycles. The second-order valence-corrected chi connectivity index (χ2v) is 5.90. The number of benzene rings is 1. The lowest BCUT2D eigenvalue weighted by atomic mass is 9.92. The van der Waals surface area contributed by atoms with Gasteiger partial charge in [-0.1, -0.05) is 24.3 Å². The molecule has 0 bridgehead atoms. The molecule has 1 aromatic heterocycles. The van der Waals surface area contributed by atoms with Gasteiger partial charge in [-0.05, 0) is 37.8 Å². The Morgan fingerprint density at radius 1 is 1.33 bits per heavy atom. The van der Waals surface area contributed by atoms with E-state index in [1.165, 1.54) is 0 Å². The van der Waals surface area contributed by atoms with Crippen LogP contribution in [0.15, 0.2) is 36.4 Å². The van der Waals surface area contributed by atoms with E-state index in [0.29, 0.717) is 11.6 Å². The molecule has 2 unspecified atom stereocenters. The van der Waals surface area contributed by atoms with E-state index in [-0.39, 0.29) is 11.9 Å². The van der Waals surface area contributed by atoms with Crippen molar-refractivity contribution >= 4 is 16.8 Å². The molecule has 3 rings (SSSR count). The van der Waals surface area contributed by atoms with E-state index < -0.39 is 0 Å². The van der Waals surface area contributed by atoms with Crippen LogP contribution in [0.2, 0.25) is 0 Å². The van der Waals surface area contributed by atoms with Crippen molar-refractivity contribution in [3.63, 3.8) is 0 Å². The maximum atomic E-state index is 12.6. The first-order valence-electron chi connectivity index (χ1n) is 7.56. The van der Waals surface area contributed by atoms with Crippen molar-refractivity contribution in [2.75, 3.05) is 13.1 Å². The summed E-state index contributed by atoms with van der Waals surface area (Å²) in [5.74, 6) is 0.411. The number of hydrogen-bond acceptors (Lipinski definition) is 3. The predicted molar refractivity (Wildman–Crippen MR) is 84.0 cm³/mol. The highest BCUT2D eigenvalue weighted by Crippen LogP contribution is 2.21. The summed E-state index contributed by atoms with van der Waals surface area (Å²) in [5, 5.41) is 1.06. The summed E-state index contributed by atoms with van der Waals surface area (Å²) in [6, 6.07) is 11.8. The first-order chi connectivity index (χ1) is 10.1. The molecular formula is C17H21N3O. The predicted octanol–water partition coefficient (Wildman–Crippen LogP) is 2.43. The highest BCUT2D eigenvalue weighted by atomic mass is 16.2. The van der Waals surface area contributed by atoms with Crippen molar-refractivity contribution in [2.24, 2.45) is 11.7 Å². The van der Waals surface area contributed by atoms with Gasteiger partial charge in [0.1, 0.15) is 5.69 Å². The van der Waals surface area contributed by atoms with E-state index in [2.05, 4.69) is 4.98 Å². The minimum Gasteiger partial charge on any atom is -0.337 e. The summed E-state index contributed by atoms with van der Waals surface area (Å²) in [6.45, 7) is 3.56. The van der Waals surface area contributed by atoms with Crippen molar-refractivity contribution in [2.45, 2.75) is 25.8 Å². The monoisotopic (exact) mass is 283 g/mol. The van der Waals surface area contributed by atoms with Crippen LogP contribution < -0.4 is 5.73 Å². The molecular weight excluding hydrogens is 262 g/mol. The number of nitrogens with two attached hydrogens (primary N) is 1. The number of aromatic nitrogens is 1. The second-order valence-electron chi connectivity index (χ2n) is 5.90. The van der Waals surface area contributed by atoms with Gasteiger partial charge >= 0.3 is 0 Å². The molecule has 0 aliphatic carbocycles. The lowest BCUT2D eigenvalue weighted by Gasteiger charge is -2.34. The summed E-state index contributed by atoms with van der Waals surface area (Å²) >= 11 is 0. The van der Waals surface area contributed by atoms with E-state index in [1.807, 2.05) is 48.2 Å². The van der Waals surface area contributed by atoms with Gasteiger partial charge in [0.15, 0.2) is 0 Å². The molecule has 4 nitrogen and oxygen atoms in total. The Kier molecular flexibility index (Phi) is 3.88. The normalized spacial score (nSPS) is 20.5. The van der Waals surface area contributed by atoms with Crippen molar-refractivity contribution in [1.29, 1.82) is 0 Å². The van der Waals surface area contributed by atoms with E-state index in [9.17, 15) is 4.79 Å². The Balaban J connectivity index is 1.82. The van der Waals surface area contributed by atoms with Crippen LogP contribution >= 0.6 is 0 Å². The molecule has 1 aliphatic rings. The molecule has 1 aliphatic heterocycles. The van der Waals surface area contributed by atoms with Gasteiger partial charge in [-0.15, -0.1) is 0 Å². The summed E-state index contributed by atoms with van der Waals surface area (Å²) in [4.78, 5) is 19.0.